The second kappa shape index (κ2) is 6.11. The number of carbonyl (C=O) groups is 2. The van der Waals surface area contributed by atoms with Gasteiger partial charge in [-0.3, -0.25) is 4.79 Å². The average molecular weight is 301 g/mol. The van der Waals surface area contributed by atoms with Gasteiger partial charge >= 0.3 is 5.97 Å². The number of aliphatic carboxylic acids is 1. The Hall–Kier alpha value is -1.84. The standard InChI is InChI=1S/C18H23NO3/c1-12-7-8-19(16(9-12)18(21)22)17(20)11-13-5-6-14-3-2-4-15(14)10-13/h5-6,10,12,16H,2-4,7-9,11H2,1H3,(H,21,22). The third kappa shape index (κ3) is 3.01. The van der Waals surface area contributed by atoms with Gasteiger partial charge in [-0.15, -0.1) is 0 Å². The van der Waals surface area contributed by atoms with Crippen LogP contribution in [0.4, 0.5) is 0 Å². The van der Waals surface area contributed by atoms with Crippen molar-refractivity contribution in [2.45, 2.75) is 51.5 Å². The van der Waals surface area contributed by atoms with E-state index in [4.69, 9.17) is 0 Å². The maximum absolute atomic E-state index is 12.6. The van der Waals surface area contributed by atoms with Gasteiger partial charge in [-0.05, 0) is 54.7 Å². The van der Waals surface area contributed by atoms with E-state index in [1.54, 1.807) is 4.90 Å². The summed E-state index contributed by atoms with van der Waals surface area (Å²) in [6, 6.07) is 5.61. The van der Waals surface area contributed by atoms with E-state index in [9.17, 15) is 14.7 Å². The van der Waals surface area contributed by atoms with Crippen molar-refractivity contribution in [1.82, 2.24) is 4.90 Å². The molecule has 1 amide bonds. The van der Waals surface area contributed by atoms with Gasteiger partial charge in [-0.25, -0.2) is 4.79 Å². The lowest BCUT2D eigenvalue weighted by Crippen LogP contribution is -2.50. The molecule has 1 N–H and O–H groups in total. The molecule has 4 nitrogen and oxygen atoms in total. The third-order valence-corrected chi connectivity index (χ3v) is 4.99. The number of fused-ring (bicyclic) bond motifs is 1. The Morgan fingerprint density at radius 2 is 2.05 bits per heavy atom. The highest BCUT2D eigenvalue weighted by atomic mass is 16.4. The van der Waals surface area contributed by atoms with Gasteiger partial charge in [-0.1, -0.05) is 25.1 Å². The lowest BCUT2D eigenvalue weighted by Gasteiger charge is -2.36. The van der Waals surface area contributed by atoms with Crippen LogP contribution in [0.15, 0.2) is 18.2 Å². The summed E-state index contributed by atoms with van der Waals surface area (Å²) in [5.74, 6) is -0.573. The van der Waals surface area contributed by atoms with Crippen LogP contribution in [0.3, 0.4) is 0 Å². The molecule has 3 rings (SSSR count). The van der Waals surface area contributed by atoms with E-state index in [1.165, 1.54) is 17.5 Å². The van der Waals surface area contributed by atoms with Crippen LogP contribution < -0.4 is 0 Å². The zero-order chi connectivity index (χ0) is 15.7. The Bertz CT molecular complexity index is 596. The molecule has 22 heavy (non-hydrogen) atoms. The Kier molecular flexibility index (Phi) is 4.19. The van der Waals surface area contributed by atoms with Gasteiger partial charge in [0.25, 0.3) is 0 Å². The Balaban J connectivity index is 1.71. The first kappa shape index (κ1) is 15.1. The number of hydrogen-bond donors (Lipinski definition) is 1. The number of likely N-dealkylation sites (tertiary alicyclic amines) is 1. The minimum absolute atomic E-state index is 0.0581. The van der Waals surface area contributed by atoms with E-state index in [0.29, 0.717) is 25.3 Å². The molecule has 2 unspecified atom stereocenters. The van der Waals surface area contributed by atoms with Crippen LogP contribution in [0, 0.1) is 5.92 Å². The quantitative estimate of drug-likeness (QED) is 0.933. The minimum atomic E-state index is -0.881. The number of nitrogens with zero attached hydrogens (tertiary/aromatic N) is 1. The van der Waals surface area contributed by atoms with Crippen molar-refractivity contribution in [1.29, 1.82) is 0 Å². The number of amides is 1. The van der Waals surface area contributed by atoms with Crippen molar-refractivity contribution in [3.63, 3.8) is 0 Å². The highest BCUT2D eigenvalue weighted by Gasteiger charge is 2.34. The molecule has 1 fully saturated rings. The zero-order valence-corrected chi connectivity index (χ0v) is 13.0. The van der Waals surface area contributed by atoms with Crippen molar-refractivity contribution < 1.29 is 14.7 Å². The fraction of sp³-hybridized carbons (Fsp3) is 0.556. The molecule has 2 aliphatic rings. The van der Waals surface area contributed by atoms with Crippen LogP contribution >= 0.6 is 0 Å². The predicted octanol–water partition coefficient (Wildman–Crippen LogP) is 2.43. The van der Waals surface area contributed by atoms with Gasteiger partial charge in [0.15, 0.2) is 0 Å². The SMILES string of the molecule is CC1CCN(C(=O)Cc2ccc3c(c2)CCC3)C(C(=O)O)C1. The van der Waals surface area contributed by atoms with Gasteiger partial charge in [0, 0.05) is 6.54 Å². The molecule has 1 heterocycles. The average Bonchev–Trinajstić information content (AvgIpc) is 2.94. The number of piperidine rings is 1. The van der Waals surface area contributed by atoms with E-state index >= 15 is 0 Å². The molecule has 0 saturated carbocycles. The van der Waals surface area contributed by atoms with Crippen molar-refractivity contribution in [3.05, 3.63) is 34.9 Å². The molecule has 0 spiro atoms. The first-order valence-electron chi connectivity index (χ1n) is 8.17. The Labute approximate surface area is 131 Å². The molecular formula is C18H23NO3. The number of carboxylic acid groups (broad SMARTS) is 1. The number of rotatable bonds is 3. The summed E-state index contributed by atoms with van der Waals surface area (Å²) in [6.07, 6.45) is 5.18. The van der Waals surface area contributed by atoms with E-state index < -0.39 is 12.0 Å². The summed E-state index contributed by atoms with van der Waals surface area (Å²) in [5, 5.41) is 9.37. The van der Waals surface area contributed by atoms with Crippen LogP contribution in [0.25, 0.3) is 0 Å². The molecule has 0 bridgehead atoms. The van der Waals surface area contributed by atoms with Gasteiger partial charge in [0.1, 0.15) is 6.04 Å². The van der Waals surface area contributed by atoms with Crippen LogP contribution in [-0.4, -0.2) is 34.5 Å². The molecule has 4 heteroatoms. The fourth-order valence-corrected chi connectivity index (χ4v) is 3.69. The highest BCUT2D eigenvalue weighted by Crippen LogP contribution is 2.25. The van der Waals surface area contributed by atoms with E-state index in [1.807, 2.05) is 6.07 Å². The predicted molar refractivity (Wildman–Crippen MR) is 83.7 cm³/mol. The normalized spacial score (nSPS) is 24.1. The lowest BCUT2D eigenvalue weighted by atomic mass is 9.92. The van der Waals surface area contributed by atoms with E-state index in [0.717, 1.165) is 24.8 Å². The van der Waals surface area contributed by atoms with E-state index in [2.05, 4.69) is 19.1 Å². The van der Waals surface area contributed by atoms with Crippen LogP contribution in [0.2, 0.25) is 0 Å². The number of hydrogen-bond acceptors (Lipinski definition) is 2. The van der Waals surface area contributed by atoms with Gasteiger partial charge in [0.2, 0.25) is 5.91 Å². The maximum Gasteiger partial charge on any atom is 0.326 e. The van der Waals surface area contributed by atoms with Crippen LogP contribution in [0.1, 0.15) is 42.9 Å². The highest BCUT2D eigenvalue weighted by molar-refractivity contribution is 5.85. The lowest BCUT2D eigenvalue weighted by molar-refractivity contribution is -0.152. The Morgan fingerprint density at radius 3 is 2.82 bits per heavy atom. The second-order valence-corrected chi connectivity index (χ2v) is 6.70. The van der Waals surface area contributed by atoms with Gasteiger partial charge in [0.05, 0.1) is 6.42 Å². The molecule has 2 atom stereocenters. The van der Waals surface area contributed by atoms with Crippen molar-refractivity contribution >= 4 is 11.9 Å². The largest absolute Gasteiger partial charge is 0.480 e. The number of carbonyl (C=O) groups excluding carboxylic acids is 1. The Morgan fingerprint density at radius 1 is 1.27 bits per heavy atom. The summed E-state index contributed by atoms with van der Waals surface area (Å²) >= 11 is 0. The summed E-state index contributed by atoms with van der Waals surface area (Å²) in [5.41, 5.74) is 3.76. The number of carboxylic acids is 1. The maximum atomic E-state index is 12.6. The molecule has 1 aliphatic carbocycles. The summed E-state index contributed by atoms with van der Waals surface area (Å²) < 4.78 is 0. The minimum Gasteiger partial charge on any atom is -0.480 e. The van der Waals surface area contributed by atoms with Gasteiger partial charge in [-0.2, -0.15) is 0 Å². The number of aryl methyl sites for hydroxylation is 2. The molecule has 118 valence electrons. The number of benzene rings is 1. The fourth-order valence-electron chi connectivity index (χ4n) is 3.69. The first-order chi connectivity index (χ1) is 10.5. The second-order valence-electron chi connectivity index (χ2n) is 6.70. The van der Waals surface area contributed by atoms with Gasteiger partial charge < -0.3 is 10.0 Å². The van der Waals surface area contributed by atoms with Crippen molar-refractivity contribution in [2.24, 2.45) is 5.92 Å². The molecule has 1 aliphatic heterocycles. The monoisotopic (exact) mass is 301 g/mol. The summed E-state index contributed by atoms with van der Waals surface area (Å²) in [4.78, 5) is 25.5. The molecule has 0 aromatic heterocycles. The third-order valence-electron chi connectivity index (χ3n) is 4.99. The summed E-state index contributed by atoms with van der Waals surface area (Å²) in [6.45, 7) is 2.61. The summed E-state index contributed by atoms with van der Waals surface area (Å²) in [7, 11) is 0. The first-order valence-corrected chi connectivity index (χ1v) is 8.17. The van der Waals surface area contributed by atoms with Crippen molar-refractivity contribution in [3.8, 4) is 0 Å². The van der Waals surface area contributed by atoms with Crippen LogP contribution in [0.5, 0.6) is 0 Å². The molecule has 1 aromatic carbocycles. The molecule has 1 saturated heterocycles. The smallest absolute Gasteiger partial charge is 0.326 e. The topological polar surface area (TPSA) is 57.6 Å². The van der Waals surface area contributed by atoms with Crippen molar-refractivity contribution in [2.75, 3.05) is 6.54 Å². The molecular weight excluding hydrogens is 278 g/mol. The van der Waals surface area contributed by atoms with Crippen LogP contribution in [-0.2, 0) is 28.9 Å². The molecule has 0 radical (unpaired) electrons. The van der Waals surface area contributed by atoms with E-state index in [-0.39, 0.29) is 5.91 Å². The zero-order valence-electron chi connectivity index (χ0n) is 13.0. The molecule has 1 aromatic rings.